The zero-order valence-electron chi connectivity index (χ0n) is 18.3. The SMILES string of the molecule is C[C@H](CO[C@@H]1O[C@H](COC(=O)/C=C/c2ccc(O)c(O)c2)[C@@H](O)[C@H](O)[C@H]1O)[C@@]1(O)COC(=O)C1. The Morgan fingerprint density at radius 3 is 2.59 bits per heavy atom. The monoisotopic (exact) mass is 484 g/mol. The average Bonchev–Trinajstić information content (AvgIpc) is 3.16. The highest BCUT2D eigenvalue weighted by atomic mass is 16.7. The summed E-state index contributed by atoms with van der Waals surface area (Å²) < 4.78 is 20.8. The number of rotatable bonds is 8. The van der Waals surface area contributed by atoms with Gasteiger partial charge in [-0.05, 0) is 23.8 Å². The maximum absolute atomic E-state index is 12.0. The summed E-state index contributed by atoms with van der Waals surface area (Å²) in [6.07, 6.45) is -5.32. The van der Waals surface area contributed by atoms with Gasteiger partial charge in [0.15, 0.2) is 17.8 Å². The predicted octanol–water partition coefficient (Wildman–Crippen LogP) is -1.21. The summed E-state index contributed by atoms with van der Waals surface area (Å²) in [6, 6.07) is 3.94. The van der Waals surface area contributed by atoms with Crippen molar-refractivity contribution < 1.29 is 59.2 Å². The molecule has 2 aliphatic heterocycles. The lowest BCUT2D eigenvalue weighted by Gasteiger charge is -2.40. The first kappa shape index (κ1) is 25.9. The highest BCUT2D eigenvalue weighted by molar-refractivity contribution is 5.87. The van der Waals surface area contributed by atoms with E-state index in [1.807, 2.05) is 0 Å². The summed E-state index contributed by atoms with van der Waals surface area (Å²) in [5.74, 6) is -2.61. The molecule has 2 aliphatic rings. The quantitative estimate of drug-likeness (QED) is 0.147. The van der Waals surface area contributed by atoms with Crippen molar-refractivity contribution in [3.8, 4) is 11.5 Å². The van der Waals surface area contributed by atoms with Gasteiger partial charge in [0.2, 0.25) is 0 Å². The number of benzene rings is 1. The minimum atomic E-state index is -1.66. The first-order valence-electron chi connectivity index (χ1n) is 10.6. The van der Waals surface area contributed by atoms with E-state index in [0.29, 0.717) is 5.56 Å². The molecule has 12 heteroatoms. The van der Waals surface area contributed by atoms with Gasteiger partial charge in [-0.25, -0.2) is 4.79 Å². The van der Waals surface area contributed by atoms with Crippen molar-refractivity contribution in [1.29, 1.82) is 0 Å². The van der Waals surface area contributed by atoms with Gasteiger partial charge in [0, 0.05) is 12.0 Å². The Bertz CT molecular complexity index is 917. The molecule has 0 aromatic heterocycles. The van der Waals surface area contributed by atoms with Crippen LogP contribution in [-0.4, -0.2) is 98.7 Å². The van der Waals surface area contributed by atoms with E-state index in [2.05, 4.69) is 0 Å². The average molecular weight is 484 g/mol. The molecule has 0 bridgehead atoms. The second kappa shape index (κ2) is 10.7. The van der Waals surface area contributed by atoms with E-state index in [9.17, 15) is 40.2 Å². The number of esters is 2. The molecular formula is C22H28O12. The maximum atomic E-state index is 12.0. The summed E-state index contributed by atoms with van der Waals surface area (Å²) in [6.45, 7) is 0.784. The number of aliphatic hydroxyl groups excluding tert-OH is 3. The van der Waals surface area contributed by atoms with Crippen LogP contribution in [0, 0.1) is 5.92 Å². The van der Waals surface area contributed by atoms with Gasteiger partial charge in [0.1, 0.15) is 43.2 Å². The molecule has 3 rings (SSSR count). The molecule has 2 heterocycles. The van der Waals surface area contributed by atoms with E-state index in [1.165, 1.54) is 24.3 Å². The molecule has 2 saturated heterocycles. The second-order valence-electron chi connectivity index (χ2n) is 8.40. The molecule has 0 amide bonds. The Morgan fingerprint density at radius 1 is 1.21 bits per heavy atom. The molecule has 34 heavy (non-hydrogen) atoms. The second-order valence-corrected chi connectivity index (χ2v) is 8.40. The number of carbonyl (C=O) groups is 2. The van der Waals surface area contributed by atoms with E-state index >= 15 is 0 Å². The number of hydrogen-bond acceptors (Lipinski definition) is 12. The van der Waals surface area contributed by atoms with Gasteiger partial charge < -0.3 is 49.6 Å². The third-order valence-corrected chi connectivity index (χ3v) is 5.83. The van der Waals surface area contributed by atoms with E-state index in [1.54, 1.807) is 6.92 Å². The van der Waals surface area contributed by atoms with Gasteiger partial charge in [-0.2, -0.15) is 0 Å². The zero-order chi connectivity index (χ0) is 25.0. The number of phenols is 2. The third-order valence-electron chi connectivity index (χ3n) is 5.83. The van der Waals surface area contributed by atoms with E-state index < -0.39 is 60.8 Å². The highest BCUT2D eigenvalue weighted by Gasteiger charge is 2.47. The van der Waals surface area contributed by atoms with Crippen LogP contribution in [0.5, 0.6) is 11.5 Å². The lowest BCUT2D eigenvalue weighted by atomic mass is 9.88. The molecule has 0 unspecified atom stereocenters. The Kier molecular flexibility index (Phi) is 8.13. The topological polar surface area (TPSA) is 192 Å². The Hall–Kier alpha value is -2.74. The Labute approximate surface area is 194 Å². The Morgan fingerprint density at radius 2 is 1.94 bits per heavy atom. The van der Waals surface area contributed by atoms with Crippen molar-refractivity contribution in [2.24, 2.45) is 5.92 Å². The lowest BCUT2D eigenvalue weighted by molar-refractivity contribution is -0.305. The fourth-order valence-electron chi connectivity index (χ4n) is 3.48. The van der Waals surface area contributed by atoms with Crippen LogP contribution in [0.3, 0.4) is 0 Å². The molecule has 7 atom stereocenters. The Balaban J connectivity index is 1.53. The van der Waals surface area contributed by atoms with Crippen LogP contribution in [0.2, 0.25) is 0 Å². The normalized spacial score (nSPS) is 32.5. The van der Waals surface area contributed by atoms with Crippen LogP contribution in [-0.2, 0) is 28.5 Å². The van der Waals surface area contributed by atoms with Gasteiger partial charge >= 0.3 is 11.9 Å². The zero-order valence-corrected chi connectivity index (χ0v) is 18.3. The lowest BCUT2D eigenvalue weighted by Crippen LogP contribution is -2.59. The largest absolute Gasteiger partial charge is 0.504 e. The molecule has 0 saturated carbocycles. The van der Waals surface area contributed by atoms with Gasteiger partial charge in [-0.15, -0.1) is 0 Å². The summed E-state index contributed by atoms with van der Waals surface area (Å²) in [5, 5.41) is 59.7. The number of carbonyl (C=O) groups excluding carboxylic acids is 2. The van der Waals surface area contributed by atoms with Gasteiger partial charge in [-0.1, -0.05) is 13.0 Å². The van der Waals surface area contributed by atoms with Crippen LogP contribution in [0.25, 0.3) is 6.08 Å². The molecule has 0 aliphatic carbocycles. The number of ether oxygens (including phenoxy) is 4. The summed E-state index contributed by atoms with van der Waals surface area (Å²) in [7, 11) is 0. The fourth-order valence-corrected chi connectivity index (χ4v) is 3.48. The minimum absolute atomic E-state index is 0.160. The molecule has 0 spiro atoms. The molecule has 1 aromatic rings. The first-order valence-corrected chi connectivity index (χ1v) is 10.6. The van der Waals surface area contributed by atoms with Crippen LogP contribution >= 0.6 is 0 Å². The van der Waals surface area contributed by atoms with Crippen molar-refractivity contribution in [3.63, 3.8) is 0 Å². The van der Waals surface area contributed by atoms with Crippen molar-refractivity contribution in [3.05, 3.63) is 29.8 Å². The number of phenolic OH excluding ortho intramolecular Hbond substituents is 2. The number of aromatic hydroxyl groups is 2. The number of cyclic esters (lactones) is 1. The van der Waals surface area contributed by atoms with Gasteiger partial charge in [0.25, 0.3) is 0 Å². The van der Waals surface area contributed by atoms with Crippen molar-refractivity contribution in [1.82, 2.24) is 0 Å². The predicted molar refractivity (Wildman–Crippen MR) is 112 cm³/mol. The van der Waals surface area contributed by atoms with Crippen molar-refractivity contribution in [2.75, 3.05) is 19.8 Å². The van der Waals surface area contributed by atoms with Crippen LogP contribution < -0.4 is 0 Å². The minimum Gasteiger partial charge on any atom is -0.504 e. The van der Waals surface area contributed by atoms with Crippen molar-refractivity contribution in [2.45, 2.75) is 49.7 Å². The van der Waals surface area contributed by atoms with Gasteiger partial charge in [-0.3, -0.25) is 4.79 Å². The van der Waals surface area contributed by atoms with E-state index in [4.69, 9.17) is 18.9 Å². The molecule has 0 radical (unpaired) electrons. The molecule has 6 N–H and O–H groups in total. The summed E-state index contributed by atoms with van der Waals surface area (Å²) >= 11 is 0. The van der Waals surface area contributed by atoms with Crippen LogP contribution in [0.4, 0.5) is 0 Å². The molecule has 188 valence electrons. The van der Waals surface area contributed by atoms with Crippen LogP contribution in [0.1, 0.15) is 18.9 Å². The number of hydrogen-bond donors (Lipinski definition) is 6. The molecule has 2 fully saturated rings. The highest BCUT2D eigenvalue weighted by Crippen LogP contribution is 2.30. The van der Waals surface area contributed by atoms with E-state index in [0.717, 1.165) is 6.08 Å². The maximum Gasteiger partial charge on any atom is 0.330 e. The third kappa shape index (κ3) is 6.03. The fraction of sp³-hybridized carbons (Fsp3) is 0.545. The van der Waals surface area contributed by atoms with Crippen LogP contribution in [0.15, 0.2) is 24.3 Å². The molecule has 1 aromatic carbocycles. The molecular weight excluding hydrogens is 456 g/mol. The van der Waals surface area contributed by atoms with Crippen molar-refractivity contribution >= 4 is 18.0 Å². The number of aliphatic hydroxyl groups is 4. The first-order chi connectivity index (χ1) is 16.0. The van der Waals surface area contributed by atoms with E-state index in [-0.39, 0.29) is 31.1 Å². The molecule has 12 nitrogen and oxygen atoms in total. The summed E-state index contributed by atoms with van der Waals surface area (Å²) in [5.41, 5.74) is -1.02. The summed E-state index contributed by atoms with van der Waals surface area (Å²) in [4.78, 5) is 23.3. The standard InChI is InChI=1S/C22H28O12/c1-11(22(30)7-17(26)33-10-22)8-32-21-20(29)19(28)18(27)15(34-21)9-31-16(25)5-3-12-2-4-13(23)14(24)6-12/h2-6,11,15,18-21,23-24,27-30H,7-10H2,1H3/b5-3+/t11-,15-,18-,19+,20-,21-,22+/m1/s1. The van der Waals surface area contributed by atoms with Gasteiger partial charge in [0.05, 0.1) is 13.0 Å². The smallest absolute Gasteiger partial charge is 0.330 e.